The number of halogens is 2. The molecule has 176 valence electrons. The number of ether oxygens (including phenoxy) is 2. The fraction of sp³-hybridized carbons (Fsp3) is 0.115. The summed E-state index contributed by atoms with van der Waals surface area (Å²) in [5, 5.41) is 14.4. The van der Waals surface area contributed by atoms with E-state index >= 15 is 0 Å². The smallest absolute Gasteiger partial charge is 0.307 e. The Labute approximate surface area is 215 Å². The lowest BCUT2D eigenvalue weighted by Gasteiger charge is -2.15. The molecule has 1 amide bonds. The number of carbonyl (C=O) groups excluding carboxylic acids is 1. The van der Waals surface area contributed by atoms with Gasteiger partial charge in [0.2, 0.25) is 0 Å². The normalized spacial score (nSPS) is 10.9. The molecule has 35 heavy (non-hydrogen) atoms. The Hall–Kier alpha value is -3.80. The van der Waals surface area contributed by atoms with Crippen LogP contribution in [0.3, 0.4) is 0 Å². The number of amides is 1. The number of hydrogen-bond acceptors (Lipinski definition) is 6. The van der Waals surface area contributed by atoms with E-state index in [2.05, 4.69) is 32.5 Å². The standard InChI is InChI=1S/C26H19BrClN3O4/c1-2-33-23-10-16(9-21(28)25(23)34-15-18-6-4-3-5-17(18)13-29)14-30-31-26(32)24-12-19-11-20(27)7-8-22(19)35-24/h3-12,14H,2,15H2,1H3,(H,31,32)/b30-14-. The first-order chi connectivity index (χ1) is 17.0. The van der Waals surface area contributed by atoms with E-state index in [4.69, 9.17) is 25.5 Å². The zero-order chi connectivity index (χ0) is 24.8. The minimum Gasteiger partial charge on any atom is -0.490 e. The molecule has 1 aromatic heterocycles. The topological polar surface area (TPSA) is 96.8 Å². The first kappa shape index (κ1) is 24.3. The molecule has 9 heteroatoms. The molecule has 3 aromatic carbocycles. The van der Waals surface area contributed by atoms with Crippen LogP contribution in [0.25, 0.3) is 11.0 Å². The molecule has 0 fully saturated rings. The third-order valence-corrected chi connectivity index (χ3v) is 5.70. The number of benzene rings is 3. The molecule has 0 aliphatic rings. The van der Waals surface area contributed by atoms with E-state index < -0.39 is 5.91 Å². The molecule has 0 bridgehead atoms. The number of nitrogens with one attached hydrogen (secondary N) is 1. The van der Waals surface area contributed by atoms with Crippen LogP contribution in [0.15, 0.2) is 74.7 Å². The second kappa shape index (κ2) is 11.1. The molecule has 1 N–H and O–H groups in total. The lowest BCUT2D eigenvalue weighted by molar-refractivity contribution is 0.0929. The highest BCUT2D eigenvalue weighted by molar-refractivity contribution is 9.10. The number of furan rings is 1. The first-order valence-corrected chi connectivity index (χ1v) is 11.7. The Kier molecular flexibility index (Phi) is 7.70. The third-order valence-electron chi connectivity index (χ3n) is 4.92. The van der Waals surface area contributed by atoms with Crippen LogP contribution in [-0.4, -0.2) is 18.7 Å². The number of hydrazone groups is 1. The van der Waals surface area contributed by atoms with Crippen molar-refractivity contribution >= 4 is 50.6 Å². The summed E-state index contributed by atoms with van der Waals surface area (Å²) in [7, 11) is 0. The number of nitriles is 1. The first-order valence-electron chi connectivity index (χ1n) is 10.6. The van der Waals surface area contributed by atoms with Gasteiger partial charge >= 0.3 is 5.91 Å². The maximum absolute atomic E-state index is 12.4. The molecular formula is C26H19BrClN3O4. The number of rotatable bonds is 8. The maximum Gasteiger partial charge on any atom is 0.307 e. The molecule has 0 atom stereocenters. The van der Waals surface area contributed by atoms with Gasteiger partial charge in [0.05, 0.1) is 29.5 Å². The molecule has 7 nitrogen and oxygen atoms in total. The second-order valence-electron chi connectivity index (χ2n) is 7.31. The van der Waals surface area contributed by atoms with Crippen LogP contribution in [0.2, 0.25) is 5.02 Å². The summed E-state index contributed by atoms with van der Waals surface area (Å²) in [6, 6.07) is 19.8. The molecule has 0 aliphatic carbocycles. The maximum atomic E-state index is 12.4. The van der Waals surface area contributed by atoms with Gasteiger partial charge in [-0.3, -0.25) is 4.79 Å². The molecule has 0 aliphatic heterocycles. The van der Waals surface area contributed by atoms with Crippen molar-refractivity contribution in [1.82, 2.24) is 5.43 Å². The van der Waals surface area contributed by atoms with Gasteiger partial charge < -0.3 is 13.9 Å². The average molecular weight is 553 g/mol. The van der Waals surface area contributed by atoms with Crippen LogP contribution in [0.4, 0.5) is 0 Å². The molecule has 4 rings (SSSR count). The van der Waals surface area contributed by atoms with Crippen molar-refractivity contribution in [2.75, 3.05) is 6.61 Å². The van der Waals surface area contributed by atoms with Crippen LogP contribution in [0.1, 0.15) is 34.2 Å². The summed E-state index contributed by atoms with van der Waals surface area (Å²) in [6.45, 7) is 2.39. The number of nitrogens with zero attached hydrogens (tertiary/aromatic N) is 2. The van der Waals surface area contributed by atoms with Gasteiger partial charge in [-0.15, -0.1) is 0 Å². The largest absolute Gasteiger partial charge is 0.490 e. The van der Waals surface area contributed by atoms with Crippen LogP contribution >= 0.6 is 27.5 Å². The van der Waals surface area contributed by atoms with Gasteiger partial charge in [-0.25, -0.2) is 5.43 Å². The zero-order valence-corrected chi connectivity index (χ0v) is 20.9. The van der Waals surface area contributed by atoms with Gasteiger partial charge in [0.1, 0.15) is 12.2 Å². The Morgan fingerprint density at radius 2 is 2.03 bits per heavy atom. The van der Waals surface area contributed by atoms with E-state index in [1.165, 1.54) is 6.21 Å². The van der Waals surface area contributed by atoms with Gasteiger partial charge in [-0.2, -0.15) is 10.4 Å². The SMILES string of the molecule is CCOc1cc(/C=N\NC(=O)c2cc3cc(Br)ccc3o2)cc(Cl)c1OCc1ccccc1C#N. The number of hydrogen-bond donors (Lipinski definition) is 1. The summed E-state index contributed by atoms with van der Waals surface area (Å²) in [5.41, 5.74) is 4.90. The Bertz CT molecular complexity index is 1460. The van der Waals surface area contributed by atoms with Gasteiger partial charge in [0.25, 0.3) is 0 Å². The molecule has 0 saturated carbocycles. The molecule has 0 spiro atoms. The summed E-state index contributed by atoms with van der Waals surface area (Å²) in [6.07, 6.45) is 1.44. The molecule has 0 unspecified atom stereocenters. The van der Waals surface area contributed by atoms with Crippen molar-refractivity contribution in [2.45, 2.75) is 13.5 Å². The molecule has 0 radical (unpaired) electrons. The monoisotopic (exact) mass is 551 g/mol. The molecular weight excluding hydrogens is 534 g/mol. The highest BCUT2D eigenvalue weighted by atomic mass is 79.9. The van der Waals surface area contributed by atoms with Crippen molar-refractivity contribution in [3.63, 3.8) is 0 Å². The second-order valence-corrected chi connectivity index (χ2v) is 8.64. The lowest BCUT2D eigenvalue weighted by Crippen LogP contribution is -2.16. The van der Waals surface area contributed by atoms with E-state index in [1.807, 2.05) is 31.2 Å². The number of fused-ring (bicyclic) bond motifs is 1. The summed E-state index contributed by atoms with van der Waals surface area (Å²) in [4.78, 5) is 12.4. The minimum absolute atomic E-state index is 0.143. The van der Waals surface area contributed by atoms with E-state index in [0.717, 1.165) is 15.4 Å². The van der Waals surface area contributed by atoms with Gasteiger partial charge in [0, 0.05) is 15.4 Å². The Morgan fingerprint density at radius 3 is 2.83 bits per heavy atom. The van der Waals surface area contributed by atoms with Gasteiger partial charge in [-0.1, -0.05) is 45.7 Å². The van der Waals surface area contributed by atoms with Crippen molar-refractivity contribution in [3.05, 3.63) is 92.6 Å². The van der Waals surface area contributed by atoms with Gasteiger partial charge in [0.15, 0.2) is 17.3 Å². The van der Waals surface area contributed by atoms with Crippen molar-refractivity contribution < 1.29 is 18.7 Å². The van der Waals surface area contributed by atoms with Crippen molar-refractivity contribution in [2.24, 2.45) is 5.10 Å². The quantitative estimate of drug-likeness (QED) is 0.200. The highest BCUT2D eigenvalue weighted by Gasteiger charge is 2.14. The Morgan fingerprint density at radius 1 is 1.20 bits per heavy atom. The van der Waals surface area contributed by atoms with E-state index in [9.17, 15) is 10.1 Å². The lowest BCUT2D eigenvalue weighted by atomic mass is 10.1. The van der Waals surface area contributed by atoms with E-state index in [-0.39, 0.29) is 12.4 Å². The Balaban J connectivity index is 1.48. The highest BCUT2D eigenvalue weighted by Crippen LogP contribution is 2.37. The average Bonchev–Trinajstić information content (AvgIpc) is 3.27. The molecule has 1 heterocycles. The number of carbonyl (C=O) groups is 1. The van der Waals surface area contributed by atoms with Crippen LogP contribution < -0.4 is 14.9 Å². The zero-order valence-electron chi connectivity index (χ0n) is 18.5. The molecule has 0 saturated heterocycles. The van der Waals surface area contributed by atoms with Crippen molar-refractivity contribution in [1.29, 1.82) is 5.26 Å². The fourth-order valence-corrected chi connectivity index (χ4v) is 3.97. The minimum atomic E-state index is -0.485. The third kappa shape index (κ3) is 5.83. The van der Waals surface area contributed by atoms with Gasteiger partial charge in [-0.05, 0) is 55.0 Å². The van der Waals surface area contributed by atoms with Crippen LogP contribution in [0.5, 0.6) is 11.5 Å². The van der Waals surface area contributed by atoms with E-state index in [1.54, 1.807) is 36.4 Å². The van der Waals surface area contributed by atoms with Crippen LogP contribution in [0, 0.1) is 11.3 Å². The van der Waals surface area contributed by atoms with Crippen LogP contribution in [-0.2, 0) is 6.61 Å². The fourth-order valence-electron chi connectivity index (χ4n) is 3.32. The molecule has 4 aromatic rings. The summed E-state index contributed by atoms with van der Waals surface area (Å²) < 4.78 is 18.1. The predicted octanol–water partition coefficient (Wildman–Crippen LogP) is 6.46. The summed E-state index contributed by atoms with van der Waals surface area (Å²) >= 11 is 9.86. The predicted molar refractivity (Wildman–Crippen MR) is 137 cm³/mol. The van der Waals surface area contributed by atoms with E-state index in [0.29, 0.717) is 39.8 Å². The van der Waals surface area contributed by atoms with Crippen molar-refractivity contribution in [3.8, 4) is 17.6 Å². The summed E-state index contributed by atoms with van der Waals surface area (Å²) in [5.74, 6) is 0.437.